The van der Waals surface area contributed by atoms with Gasteiger partial charge in [0, 0.05) is 12.8 Å². The molecule has 0 fully saturated rings. The number of hydrogen-bond acceptors (Lipinski definition) is 5. The molecule has 218 valence electrons. The molecule has 0 aliphatic carbocycles. The molecule has 0 saturated heterocycles. The molecule has 4 N–H and O–H groups in total. The van der Waals surface area contributed by atoms with E-state index in [2.05, 4.69) is 15.6 Å². The molecule has 4 aromatic rings. The van der Waals surface area contributed by atoms with Crippen LogP contribution < -0.4 is 21.9 Å². The molecule has 0 saturated carbocycles. The molecule has 3 aromatic carbocycles. The Hall–Kier alpha value is -4.99. The molecular formula is C32H34N4O6. The van der Waals surface area contributed by atoms with Crippen molar-refractivity contribution < 1.29 is 19.5 Å². The number of carboxylic acids is 1. The number of nitrogens with one attached hydrogen (secondary N) is 3. The molecule has 0 spiro atoms. The van der Waals surface area contributed by atoms with Crippen molar-refractivity contribution in [3.05, 3.63) is 117 Å². The minimum atomic E-state index is -1.30. The lowest BCUT2D eigenvalue weighted by Crippen LogP contribution is -2.56. The van der Waals surface area contributed by atoms with Crippen molar-refractivity contribution in [1.82, 2.24) is 20.2 Å². The van der Waals surface area contributed by atoms with Gasteiger partial charge in [-0.05, 0) is 29.2 Å². The van der Waals surface area contributed by atoms with Gasteiger partial charge in [-0.2, -0.15) is 0 Å². The number of carboxylic acid groups (broad SMARTS) is 1. The molecular weight excluding hydrogens is 536 g/mol. The van der Waals surface area contributed by atoms with E-state index < -0.39 is 47.2 Å². The largest absolute Gasteiger partial charge is 0.480 e. The highest BCUT2D eigenvalue weighted by atomic mass is 16.4. The molecule has 4 rings (SSSR count). The number of aliphatic carboxylic acids is 1. The topological polar surface area (TPSA) is 150 Å². The highest BCUT2D eigenvalue weighted by Gasteiger charge is 2.33. The predicted molar refractivity (Wildman–Crippen MR) is 159 cm³/mol. The summed E-state index contributed by atoms with van der Waals surface area (Å²) in [5, 5.41) is 15.3. The summed E-state index contributed by atoms with van der Waals surface area (Å²) in [5.41, 5.74) is 0.366. The quantitative estimate of drug-likeness (QED) is 0.206. The summed E-state index contributed by atoms with van der Waals surface area (Å²) in [4.78, 5) is 68.9. The van der Waals surface area contributed by atoms with Crippen LogP contribution in [0.2, 0.25) is 0 Å². The van der Waals surface area contributed by atoms with E-state index in [0.717, 1.165) is 10.1 Å². The Morgan fingerprint density at radius 2 is 1.38 bits per heavy atom. The Labute approximate surface area is 242 Å². The molecule has 0 bridgehead atoms. The Bertz CT molecular complexity index is 1670. The Morgan fingerprint density at radius 1 is 0.810 bits per heavy atom. The van der Waals surface area contributed by atoms with Crippen LogP contribution in [0.4, 0.5) is 0 Å². The zero-order chi connectivity index (χ0) is 30.2. The number of fused-ring (bicyclic) bond motifs is 1. The molecule has 0 aliphatic heterocycles. The van der Waals surface area contributed by atoms with E-state index in [4.69, 9.17) is 0 Å². The number of benzene rings is 3. The maximum Gasteiger partial charge on any atom is 0.329 e. The zero-order valence-corrected chi connectivity index (χ0v) is 23.4. The van der Waals surface area contributed by atoms with Crippen LogP contribution >= 0.6 is 0 Å². The summed E-state index contributed by atoms with van der Waals surface area (Å²) in [6, 6.07) is 20.8. The first-order chi connectivity index (χ1) is 20.2. The van der Waals surface area contributed by atoms with E-state index in [1.165, 1.54) is 0 Å². The lowest BCUT2D eigenvalue weighted by atomic mass is 9.97. The molecule has 2 amide bonds. The first kappa shape index (κ1) is 30.0. The van der Waals surface area contributed by atoms with Gasteiger partial charge in [0.2, 0.25) is 11.8 Å². The third-order valence-electron chi connectivity index (χ3n) is 7.42. The molecule has 10 nitrogen and oxygen atoms in total. The van der Waals surface area contributed by atoms with Crippen LogP contribution in [0.25, 0.3) is 10.9 Å². The van der Waals surface area contributed by atoms with Crippen molar-refractivity contribution in [2.24, 2.45) is 5.92 Å². The average Bonchev–Trinajstić information content (AvgIpc) is 2.99. The second-order valence-electron chi connectivity index (χ2n) is 10.3. The van der Waals surface area contributed by atoms with Crippen molar-refractivity contribution in [1.29, 1.82) is 0 Å². The van der Waals surface area contributed by atoms with Crippen molar-refractivity contribution >= 4 is 28.7 Å². The fraction of sp³-hybridized carbons (Fsp3) is 0.281. The third-order valence-corrected chi connectivity index (χ3v) is 7.42. The number of para-hydroxylation sites is 1. The second kappa shape index (κ2) is 13.6. The summed E-state index contributed by atoms with van der Waals surface area (Å²) in [5.74, 6) is -2.95. The van der Waals surface area contributed by atoms with Crippen molar-refractivity contribution in [2.45, 2.75) is 51.2 Å². The Kier molecular flexibility index (Phi) is 9.69. The lowest BCUT2D eigenvalue weighted by Gasteiger charge is -2.26. The van der Waals surface area contributed by atoms with Crippen LogP contribution in [0.5, 0.6) is 0 Å². The number of H-pyrrole nitrogens is 1. The zero-order valence-electron chi connectivity index (χ0n) is 23.4. The lowest BCUT2D eigenvalue weighted by molar-refractivity contribution is -0.143. The van der Waals surface area contributed by atoms with Gasteiger partial charge in [0.05, 0.1) is 10.9 Å². The van der Waals surface area contributed by atoms with Crippen LogP contribution in [-0.2, 0) is 27.2 Å². The van der Waals surface area contributed by atoms with Crippen LogP contribution in [0.3, 0.4) is 0 Å². The normalized spacial score (nSPS) is 14.0. The van der Waals surface area contributed by atoms with E-state index in [9.17, 15) is 29.1 Å². The minimum absolute atomic E-state index is 0.00169. The van der Waals surface area contributed by atoms with Gasteiger partial charge in [0.1, 0.15) is 18.1 Å². The maximum atomic E-state index is 14.0. The molecule has 0 aliphatic rings. The number of aromatic nitrogens is 2. The average molecular weight is 571 g/mol. The van der Waals surface area contributed by atoms with Crippen molar-refractivity contribution in [3.63, 3.8) is 0 Å². The molecule has 0 unspecified atom stereocenters. The standard InChI is InChI=1S/C32H34N4O6/c1-3-20(2)27(31(40)41)35-28(37)25(18-21-12-6-4-7-13-21)33-29(38)26(19-22-14-8-5-9-15-22)36-30(39)23-16-10-11-17-24(23)34-32(36)42/h4-17,20,25-27H,3,18-19H2,1-2H3,(H,33,38)(H,34,42)(H,35,37)(H,40,41)/t20-,25-,26+,27-/m0/s1. The summed E-state index contributed by atoms with van der Waals surface area (Å²) in [6.07, 6.45) is 0.574. The third kappa shape index (κ3) is 7.01. The fourth-order valence-electron chi connectivity index (χ4n) is 4.86. The molecule has 4 atom stereocenters. The molecule has 0 radical (unpaired) electrons. The van der Waals surface area contributed by atoms with Gasteiger partial charge in [-0.25, -0.2) is 14.2 Å². The molecule has 10 heteroatoms. The van der Waals surface area contributed by atoms with E-state index >= 15 is 0 Å². The van der Waals surface area contributed by atoms with Crippen LogP contribution in [-0.4, -0.2) is 44.5 Å². The maximum absolute atomic E-state index is 14.0. The summed E-state index contributed by atoms with van der Waals surface area (Å²) in [7, 11) is 0. The highest BCUT2D eigenvalue weighted by Crippen LogP contribution is 2.16. The molecule has 1 aromatic heterocycles. The molecule has 42 heavy (non-hydrogen) atoms. The predicted octanol–water partition coefficient (Wildman–Crippen LogP) is 2.82. The van der Waals surface area contributed by atoms with Gasteiger partial charge in [-0.15, -0.1) is 0 Å². The van der Waals surface area contributed by atoms with Gasteiger partial charge in [-0.3, -0.25) is 14.4 Å². The molecule has 1 heterocycles. The number of carbonyl (C=O) groups excluding carboxylic acids is 2. The van der Waals surface area contributed by atoms with E-state index in [1.807, 2.05) is 19.1 Å². The summed E-state index contributed by atoms with van der Waals surface area (Å²) in [6.45, 7) is 3.54. The monoisotopic (exact) mass is 570 g/mol. The Morgan fingerprint density at radius 3 is 1.98 bits per heavy atom. The fourth-order valence-corrected chi connectivity index (χ4v) is 4.86. The first-order valence-electron chi connectivity index (χ1n) is 13.8. The number of hydrogen-bond donors (Lipinski definition) is 4. The van der Waals surface area contributed by atoms with Crippen LogP contribution in [0.1, 0.15) is 37.4 Å². The number of amides is 2. The van der Waals surface area contributed by atoms with Gasteiger partial charge >= 0.3 is 11.7 Å². The SMILES string of the molecule is CC[C@H](C)[C@H](NC(=O)[C@H](Cc1ccccc1)NC(=O)[C@@H](Cc1ccccc1)n1c(=O)[nH]c2ccccc2c1=O)C(=O)O. The highest BCUT2D eigenvalue weighted by molar-refractivity contribution is 5.92. The number of carbonyl (C=O) groups is 3. The van der Waals surface area contributed by atoms with E-state index in [-0.39, 0.29) is 24.1 Å². The van der Waals surface area contributed by atoms with E-state index in [0.29, 0.717) is 17.5 Å². The second-order valence-corrected chi connectivity index (χ2v) is 10.3. The van der Waals surface area contributed by atoms with Gasteiger partial charge in [0.25, 0.3) is 5.56 Å². The first-order valence-corrected chi connectivity index (χ1v) is 13.8. The number of rotatable bonds is 12. The van der Waals surface area contributed by atoms with Crippen molar-refractivity contribution in [2.75, 3.05) is 0 Å². The van der Waals surface area contributed by atoms with Gasteiger partial charge in [-0.1, -0.05) is 93.1 Å². The smallest absolute Gasteiger partial charge is 0.329 e. The number of aromatic amines is 1. The Balaban J connectivity index is 1.74. The van der Waals surface area contributed by atoms with Crippen LogP contribution in [0.15, 0.2) is 94.5 Å². The minimum Gasteiger partial charge on any atom is -0.480 e. The van der Waals surface area contributed by atoms with Crippen LogP contribution in [0, 0.1) is 5.92 Å². The number of nitrogens with zero attached hydrogens (tertiary/aromatic N) is 1. The summed E-state index contributed by atoms with van der Waals surface area (Å²) < 4.78 is 0.876. The van der Waals surface area contributed by atoms with Gasteiger partial charge in [0.15, 0.2) is 0 Å². The summed E-state index contributed by atoms with van der Waals surface area (Å²) >= 11 is 0. The van der Waals surface area contributed by atoms with Gasteiger partial charge < -0.3 is 20.7 Å². The van der Waals surface area contributed by atoms with Crippen molar-refractivity contribution in [3.8, 4) is 0 Å². The van der Waals surface area contributed by atoms with E-state index in [1.54, 1.807) is 79.7 Å².